The first-order valence-electron chi connectivity index (χ1n) is 5.36. The van der Waals surface area contributed by atoms with Crippen molar-refractivity contribution >= 4 is 74.0 Å². The Labute approximate surface area is 146 Å². The number of hydrogen-bond acceptors (Lipinski definition) is 5. The smallest absolute Gasteiger partial charge is 0.272 e. The van der Waals surface area contributed by atoms with E-state index in [1.165, 1.54) is 6.92 Å². The predicted octanol–water partition coefficient (Wildman–Crippen LogP) is 4.16. The highest BCUT2D eigenvalue weighted by atomic mass is 79.9. The second-order valence-electron chi connectivity index (χ2n) is 3.94. The molecule has 0 spiro atoms. The van der Waals surface area contributed by atoms with Crippen molar-refractivity contribution in [2.75, 3.05) is 5.32 Å². The van der Waals surface area contributed by atoms with Gasteiger partial charge in [0, 0.05) is 25.2 Å². The fraction of sp³-hybridized carbons (Fsp3) is 0.0909. The summed E-state index contributed by atoms with van der Waals surface area (Å²) < 4.78 is 24.0. The van der Waals surface area contributed by atoms with Crippen LogP contribution in [0.3, 0.4) is 0 Å². The van der Waals surface area contributed by atoms with Crippen LogP contribution in [0, 0.1) is 6.92 Å². The van der Waals surface area contributed by atoms with E-state index in [4.69, 9.17) is 10.7 Å². The molecule has 0 fully saturated rings. The number of benzene rings is 1. The van der Waals surface area contributed by atoms with Crippen LogP contribution in [0.2, 0.25) is 0 Å². The van der Waals surface area contributed by atoms with E-state index >= 15 is 0 Å². The van der Waals surface area contributed by atoms with E-state index < -0.39 is 15.0 Å². The first-order chi connectivity index (χ1) is 9.66. The summed E-state index contributed by atoms with van der Waals surface area (Å²) in [5.74, 6) is -0.399. The van der Waals surface area contributed by atoms with E-state index in [2.05, 4.69) is 42.2 Å². The maximum absolute atomic E-state index is 12.1. The molecule has 5 nitrogen and oxygen atoms in total. The number of amides is 1. The standard InChI is InChI=1S/C11H7Br2ClN2O3S2/c1-5-10(21(14,18)19)20-11(15-5)16-9(17)6-2-7(12)4-8(13)3-6/h2-4H,1H3,(H,15,16,17). The average molecular weight is 475 g/mol. The Balaban J connectivity index is 2.28. The number of aromatic nitrogens is 1. The second kappa shape index (κ2) is 6.33. The number of thiazole rings is 1. The fourth-order valence-corrected chi connectivity index (χ4v) is 5.16. The number of hydrogen-bond donors (Lipinski definition) is 1. The van der Waals surface area contributed by atoms with Crippen LogP contribution < -0.4 is 5.32 Å². The van der Waals surface area contributed by atoms with Gasteiger partial charge in [-0.25, -0.2) is 13.4 Å². The molecule has 1 N–H and O–H groups in total. The van der Waals surface area contributed by atoms with Crippen LogP contribution in [0.5, 0.6) is 0 Å². The number of carbonyl (C=O) groups is 1. The van der Waals surface area contributed by atoms with Crippen molar-refractivity contribution in [3.8, 4) is 0 Å². The van der Waals surface area contributed by atoms with Gasteiger partial charge in [-0.15, -0.1) is 0 Å². The van der Waals surface area contributed by atoms with Gasteiger partial charge in [0.15, 0.2) is 9.34 Å². The molecule has 1 heterocycles. The van der Waals surface area contributed by atoms with Gasteiger partial charge >= 0.3 is 0 Å². The molecule has 1 amide bonds. The Kier molecular flexibility index (Phi) is 5.09. The zero-order chi connectivity index (χ0) is 15.8. The normalized spacial score (nSPS) is 11.4. The van der Waals surface area contributed by atoms with Crippen LogP contribution in [-0.4, -0.2) is 19.3 Å². The number of nitrogens with one attached hydrogen (secondary N) is 1. The van der Waals surface area contributed by atoms with Gasteiger partial charge in [0.1, 0.15) is 0 Å². The topological polar surface area (TPSA) is 76.1 Å². The summed E-state index contributed by atoms with van der Waals surface area (Å²) in [6.45, 7) is 1.51. The fourth-order valence-electron chi connectivity index (χ4n) is 1.52. The molecule has 0 aliphatic carbocycles. The van der Waals surface area contributed by atoms with Gasteiger partial charge in [0.2, 0.25) is 0 Å². The van der Waals surface area contributed by atoms with Crippen LogP contribution in [0.25, 0.3) is 0 Å². The van der Waals surface area contributed by atoms with Gasteiger partial charge < -0.3 is 0 Å². The van der Waals surface area contributed by atoms with Crippen LogP contribution >= 0.6 is 53.9 Å². The quantitative estimate of drug-likeness (QED) is 0.678. The van der Waals surface area contributed by atoms with Crippen molar-refractivity contribution in [2.24, 2.45) is 0 Å². The summed E-state index contributed by atoms with van der Waals surface area (Å²) in [6.07, 6.45) is 0. The lowest BCUT2D eigenvalue weighted by Crippen LogP contribution is -2.11. The number of aryl methyl sites for hydroxylation is 1. The minimum atomic E-state index is -3.86. The number of carbonyl (C=O) groups excluding carboxylic acids is 1. The van der Waals surface area contributed by atoms with Crippen molar-refractivity contribution in [3.05, 3.63) is 38.4 Å². The van der Waals surface area contributed by atoms with Crippen molar-refractivity contribution in [2.45, 2.75) is 11.1 Å². The van der Waals surface area contributed by atoms with Crippen LogP contribution in [0.4, 0.5) is 5.13 Å². The van der Waals surface area contributed by atoms with Gasteiger partial charge in [-0.05, 0) is 25.1 Å². The molecule has 2 rings (SSSR count). The minimum Gasteiger partial charge on any atom is -0.298 e. The monoisotopic (exact) mass is 472 g/mol. The Morgan fingerprint density at radius 2 is 1.86 bits per heavy atom. The summed E-state index contributed by atoms with van der Waals surface area (Å²) in [6, 6.07) is 5.07. The third kappa shape index (κ3) is 4.26. The van der Waals surface area contributed by atoms with E-state index in [0.29, 0.717) is 5.56 Å². The van der Waals surface area contributed by atoms with Crippen molar-refractivity contribution in [3.63, 3.8) is 0 Å². The predicted molar refractivity (Wildman–Crippen MR) is 89.7 cm³/mol. The lowest BCUT2D eigenvalue weighted by atomic mass is 10.2. The molecular formula is C11H7Br2ClN2O3S2. The molecule has 10 heteroatoms. The molecule has 0 aliphatic heterocycles. The lowest BCUT2D eigenvalue weighted by Gasteiger charge is -2.03. The van der Waals surface area contributed by atoms with E-state index in [1.54, 1.807) is 18.2 Å². The summed E-state index contributed by atoms with van der Waals surface area (Å²) >= 11 is 7.39. The first-order valence-corrected chi connectivity index (χ1v) is 10.1. The van der Waals surface area contributed by atoms with Crippen LogP contribution in [0.1, 0.15) is 16.1 Å². The number of halogens is 3. The summed E-state index contributed by atoms with van der Waals surface area (Å²) in [4.78, 5) is 16.1. The average Bonchev–Trinajstić information content (AvgIpc) is 2.68. The van der Waals surface area contributed by atoms with E-state index in [1.807, 2.05) is 0 Å². The Morgan fingerprint density at radius 3 is 2.33 bits per heavy atom. The van der Waals surface area contributed by atoms with Gasteiger partial charge in [0.25, 0.3) is 15.0 Å². The summed E-state index contributed by atoms with van der Waals surface area (Å²) in [7, 11) is 1.43. The zero-order valence-corrected chi connectivity index (χ0v) is 15.9. The maximum Gasteiger partial charge on any atom is 0.272 e. The van der Waals surface area contributed by atoms with Gasteiger partial charge in [-0.2, -0.15) is 0 Å². The third-order valence-corrected chi connectivity index (χ3v) is 6.49. The molecule has 0 aliphatic rings. The second-order valence-corrected chi connectivity index (χ2v) is 9.53. The zero-order valence-electron chi connectivity index (χ0n) is 10.4. The Bertz CT molecular complexity index is 801. The summed E-state index contributed by atoms with van der Waals surface area (Å²) in [5.41, 5.74) is 0.653. The van der Waals surface area contributed by atoms with E-state index in [9.17, 15) is 13.2 Å². The molecule has 1 aromatic heterocycles. The molecule has 0 saturated heterocycles. The highest BCUT2D eigenvalue weighted by Gasteiger charge is 2.20. The number of nitrogens with zero attached hydrogens (tertiary/aromatic N) is 1. The number of anilines is 1. The number of rotatable bonds is 3. The van der Waals surface area contributed by atoms with Crippen molar-refractivity contribution in [1.82, 2.24) is 4.98 Å². The molecule has 0 bridgehead atoms. The molecular weight excluding hydrogens is 468 g/mol. The third-order valence-electron chi connectivity index (χ3n) is 2.32. The van der Waals surface area contributed by atoms with Gasteiger partial charge in [0.05, 0.1) is 5.69 Å². The van der Waals surface area contributed by atoms with Gasteiger partial charge in [-0.1, -0.05) is 43.2 Å². The van der Waals surface area contributed by atoms with E-state index in [0.717, 1.165) is 20.3 Å². The molecule has 2 aromatic rings. The van der Waals surface area contributed by atoms with Crippen LogP contribution in [-0.2, 0) is 9.05 Å². The van der Waals surface area contributed by atoms with Crippen LogP contribution in [0.15, 0.2) is 31.4 Å². The van der Waals surface area contributed by atoms with Crippen molar-refractivity contribution < 1.29 is 13.2 Å². The Hall–Kier alpha value is -0.480. The largest absolute Gasteiger partial charge is 0.298 e. The van der Waals surface area contributed by atoms with Gasteiger partial charge in [-0.3, -0.25) is 10.1 Å². The van der Waals surface area contributed by atoms with Crippen molar-refractivity contribution in [1.29, 1.82) is 0 Å². The summed E-state index contributed by atoms with van der Waals surface area (Å²) in [5, 5.41) is 2.72. The highest BCUT2D eigenvalue weighted by Crippen LogP contribution is 2.30. The molecule has 0 unspecified atom stereocenters. The SMILES string of the molecule is Cc1nc(NC(=O)c2cc(Br)cc(Br)c2)sc1S(=O)(=O)Cl. The molecule has 112 valence electrons. The molecule has 0 saturated carbocycles. The maximum atomic E-state index is 12.1. The Morgan fingerprint density at radius 1 is 1.29 bits per heavy atom. The first kappa shape index (κ1) is 16.9. The lowest BCUT2D eigenvalue weighted by molar-refractivity contribution is 0.102. The highest BCUT2D eigenvalue weighted by molar-refractivity contribution is 9.11. The molecule has 21 heavy (non-hydrogen) atoms. The minimum absolute atomic E-state index is 0.0742. The molecule has 0 atom stereocenters. The molecule has 0 radical (unpaired) electrons. The van der Waals surface area contributed by atoms with E-state index in [-0.39, 0.29) is 15.0 Å². The molecule has 1 aromatic carbocycles.